The Morgan fingerprint density at radius 2 is 2.11 bits per heavy atom. The number of anilines is 1. The molecule has 136 valence electrons. The van der Waals surface area contributed by atoms with E-state index in [0.717, 1.165) is 53.0 Å². The van der Waals surface area contributed by atoms with Gasteiger partial charge in [-0.3, -0.25) is 5.10 Å². The van der Waals surface area contributed by atoms with E-state index in [1.165, 1.54) is 0 Å². The molecule has 27 heavy (non-hydrogen) atoms. The third kappa shape index (κ3) is 3.03. The molecular formula is C20H19BrN6. The van der Waals surface area contributed by atoms with Crippen molar-refractivity contribution in [2.75, 3.05) is 25.5 Å². The van der Waals surface area contributed by atoms with Gasteiger partial charge in [-0.05, 0) is 54.0 Å². The summed E-state index contributed by atoms with van der Waals surface area (Å²) in [5.74, 6) is 0.773. The van der Waals surface area contributed by atoms with Crippen molar-refractivity contribution >= 4 is 21.7 Å². The van der Waals surface area contributed by atoms with Crippen LogP contribution >= 0.6 is 15.9 Å². The molecule has 1 aromatic heterocycles. The van der Waals surface area contributed by atoms with Crippen LogP contribution in [0.25, 0.3) is 0 Å². The van der Waals surface area contributed by atoms with Crippen molar-refractivity contribution in [1.29, 1.82) is 10.5 Å². The second kappa shape index (κ2) is 7.19. The maximum Gasteiger partial charge on any atom is 0.156 e. The van der Waals surface area contributed by atoms with E-state index < -0.39 is 0 Å². The highest BCUT2D eigenvalue weighted by Gasteiger charge is 2.36. The van der Waals surface area contributed by atoms with E-state index in [1.807, 2.05) is 18.3 Å². The molecule has 0 aliphatic carbocycles. The highest BCUT2D eigenvalue weighted by molar-refractivity contribution is 9.10. The number of likely N-dealkylation sites (tertiary alicyclic amines) is 1. The van der Waals surface area contributed by atoms with Crippen LogP contribution in [0.5, 0.6) is 0 Å². The number of H-pyrrole nitrogens is 1. The fourth-order valence-corrected chi connectivity index (χ4v) is 4.74. The van der Waals surface area contributed by atoms with E-state index in [2.05, 4.69) is 55.5 Å². The summed E-state index contributed by atoms with van der Waals surface area (Å²) in [4.78, 5) is 2.30. The third-order valence-electron chi connectivity index (χ3n) is 5.43. The summed E-state index contributed by atoms with van der Waals surface area (Å²) in [5, 5.41) is 30.2. The predicted molar refractivity (Wildman–Crippen MR) is 106 cm³/mol. The quantitative estimate of drug-likeness (QED) is 0.768. The molecule has 0 saturated carbocycles. The number of nitriles is 2. The smallest absolute Gasteiger partial charge is 0.156 e. The van der Waals surface area contributed by atoms with Crippen LogP contribution in [0.4, 0.5) is 5.82 Å². The largest absolute Gasteiger partial charge is 0.341 e. The molecule has 2 N–H and O–H groups in total. The minimum Gasteiger partial charge on any atom is -0.341 e. The number of halogens is 1. The normalized spacial score (nSPS) is 22.5. The Labute approximate surface area is 166 Å². The van der Waals surface area contributed by atoms with Crippen LogP contribution in [0.3, 0.4) is 0 Å². The second-order valence-electron chi connectivity index (χ2n) is 7.11. The number of piperidine rings is 1. The highest BCUT2D eigenvalue weighted by Crippen LogP contribution is 2.45. The predicted octanol–water partition coefficient (Wildman–Crippen LogP) is 3.72. The Morgan fingerprint density at radius 1 is 1.26 bits per heavy atom. The zero-order chi connectivity index (χ0) is 19.0. The first-order chi connectivity index (χ1) is 13.1. The van der Waals surface area contributed by atoms with Crippen molar-refractivity contribution in [1.82, 2.24) is 15.1 Å². The van der Waals surface area contributed by atoms with E-state index >= 15 is 0 Å². The van der Waals surface area contributed by atoms with Crippen molar-refractivity contribution in [2.45, 2.75) is 18.8 Å². The van der Waals surface area contributed by atoms with E-state index in [4.69, 9.17) is 0 Å². The van der Waals surface area contributed by atoms with Gasteiger partial charge in [0.15, 0.2) is 5.82 Å². The minimum absolute atomic E-state index is 0.255. The molecule has 1 saturated heterocycles. The molecule has 2 aliphatic rings. The van der Waals surface area contributed by atoms with Crippen molar-refractivity contribution in [3.63, 3.8) is 0 Å². The number of hydrogen-bond acceptors (Lipinski definition) is 5. The maximum atomic E-state index is 10.1. The number of nitrogens with one attached hydrogen (secondary N) is 2. The van der Waals surface area contributed by atoms with E-state index in [1.54, 1.807) is 6.07 Å². The SMILES string of the molecule is CN1CCCC(C2=C(C#N)C(c3cccc(C#N)c3Br)c3c[nH]nc3N2)C1. The number of rotatable bonds is 2. The lowest BCUT2D eigenvalue weighted by Crippen LogP contribution is -2.36. The number of aromatic nitrogens is 2. The Kier molecular flexibility index (Phi) is 4.73. The average Bonchev–Trinajstić information content (AvgIpc) is 3.15. The van der Waals surface area contributed by atoms with Gasteiger partial charge in [0.05, 0.1) is 23.1 Å². The lowest BCUT2D eigenvalue weighted by atomic mass is 9.79. The van der Waals surface area contributed by atoms with Crippen LogP contribution in [0.1, 0.15) is 35.4 Å². The molecule has 2 unspecified atom stereocenters. The van der Waals surface area contributed by atoms with Crippen LogP contribution < -0.4 is 5.32 Å². The van der Waals surface area contributed by atoms with E-state index in [-0.39, 0.29) is 11.8 Å². The minimum atomic E-state index is -0.255. The molecule has 6 nitrogen and oxygen atoms in total. The summed E-state index contributed by atoms with van der Waals surface area (Å²) in [5.41, 5.74) is 4.07. The molecule has 3 heterocycles. The van der Waals surface area contributed by atoms with Crippen LogP contribution in [0, 0.1) is 28.6 Å². The number of fused-ring (bicyclic) bond motifs is 1. The van der Waals surface area contributed by atoms with Crippen LogP contribution in [-0.2, 0) is 0 Å². The van der Waals surface area contributed by atoms with Crippen molar-refractivity contribution in [2.24, 2.45) is 5.92 Å². The van der Waals surface area contributed by atoms with E-state index in [0.29, 0.717) is 11.1 Å². The molecule has 0 bridgehead atoms. The lowest BCUT2D eigenvalue weighted by Gasteiger charge is -2.35. The molecule has 4 rings (SSSR count). The molecule has 1 aromatic carbocycles. The standard InChI is InChI=1S/C20H19BrN6/c1-27-7-3-5-13(11-27)19-15(9-23)17(16-10-24-26-20(16)25-19)14-6-2-4-12(8-22)18(14)21/h2,4,6,10,13,17H,3,5,7,11H2,1H3,(H2,24,25,26). The molecular weight excluding hydrogens is 404 g/mol. The van der Waals surface area contributed by atoms with Gasteiger partial charge in [0, 0.05) is 34.4 Å². The molecule has 1 fully saturated rings. The summed E-state index contributed by atoms with van der Waals surface area (Å²) in [6.45, 7) is 2.00. The first-order valence-electron chi connectivity index (χ1n) is 8.96. The summed E-state index contributed by atoms with van der Waals surface area (Å²) < 4.78 is 0.736. The van der Waals surface area contributed by atoms with Gasteiger partial charge < -0.3 is 10.2 Å². The molecule has 0 radical (unpaired) electrons. The maximum absolute atomic E-state index is 10.1. The van der Waals surface area contributed by atoms with Gasteiger partial charge in [-0.1, -0.05) is 12.1 Å². The van der Waals surface area contributed by atoms with Crippen molar-refractivity contribution < 1.29 is 0 Å². The van der Waals surface area contributed by atoms with Crippen LogP contribution in [-0.4, -0.2) is 35.2 Å². The third-order valence-corrected chi connectivity index (χ3v) is 6.31. The average molecular weight is 423 g/mol. The topological polar surface area (TPSA) is 91.5 Å². The Morgan fingerprint density at radius 3 is 2.85 bits per heavy atom. The second-order valence-corrected chi connectivity index (χ2v) is 7.90. The molecule has 2 atom stereocenters. The van der Waals surface area contributed by atoms with Crippen molar-refractivity contribution in [3.05, 3.63) is 56.8 Å². The fraction of sp³-hybridized carbons (Fsp3) is 0.350. The van der Waals surface area contributed by atoms with Gasteiger partial charge in [-0.15, -0.1) is 0 Å². The summed E-state index contributed by atoms with van der Waals surface area (Å²) >= 11 is 3.59. The monoisotopic (exact) mass is 422 g/mol. The highest BCUT2D eigenvalue weighted by atomic mass is 79.9. The number of allylic oxidation sites excluding steroid dienone is 1. The van der Waals surface area contributed by atoms with Crippen LogP contribution in [0.2, 0.25) is 0 Å². The van der Waals surface area contributed by atoms with Crippen LogP contribution in [0.15, 0.2) is 40.1 Å². The molecule has 0 spiro atoms. The fourth-order valence-electron chi connectivity index (χ4n) is 4.16. The number of benzene rings is 1. The zero-order valence-corrected chi connectivity index (χ0v) is 16.5. The number of nitrogens with zero attached hydrogens (tertiary/aromatic N) is 4. The summed E-state index contributed by atoms with van der Waals surface area (Å²) in [6.07, 6.45) is 3.99. The summed E-state index contributed by atoms with van der Waals surface area (Å²) in [6, 6.07) is 10.3. The molecule has 7 heteroatoms. The van der Waals surface area contributed by atoms with Gasteiger partial charge in [-0.2, -0.15) is 15.6 Å². The van der Waals surface area contributed by atoms with Crippen molar-refractivity contribution in [3.8, 4) is 12.1 Å². The Hall–Kier alpha value is -2.61. The molecule has 2 aromatic rings. The lowest BCUT2D eigenvalue weighted by molar-refractivity contribution is 0.230. The van der Waals surface area contributed by atoms with Gasteiger partial charge >= 0.3 is 0 Å². The first kappa shape index (κ1) is 17.8. The Bertz CT molecular complexity index is 993. The summed E-state index contributed by atoms with van der Waals surface area (Å²) in [7, 11) is 2.12. The first-order valence-corrected chi connectivity index (χ1v) is 9.75. The van der Waals surface area contributed by atoms with Gasteiger partial charge in [-0.25, -0.2) is 0 Å². The number of hydrogen-bond donors (Lipinski definition) is 2. The van der Waals surface area contributed by atoms with Gasteiger partial charge in [0.25, 0.3) is 0 Å². The number of aromatic amines is 1. The molecule has 0 amide bonds. The zero-order valence-electron chi connectivity index (χ0n) is 15.0. The van der Waals surface area contributed by atoms with E-state index in [9.17, 15) is 10.5 Å². The molecule has 2 aliphatic heterocycles. The van der Waals surface area contributed by atoms with Gasteiger partial charge in [0.1, 0.15) is 6.07 Å². The Balaban J connectivity index is 1.89. The van der Waals surface area contributed by atoms with Gasteiger partial charge in [0.2, 0.25) is 0 Å².